The number of amides is 3. The number of aliphatic carboxylic acids is 1. The van der Waals surface area contributed by atoms with Gasteiger partial charge >= 0.3 is 5.97 Å². The van der Waals surface area contributed by atoms with Crippen LogP contribution >= 0.6 is 11.8 Å². The maximum Gasteiger partial charge on any atom is 0.341 e. The molecule has 2 N–H and O–H groups in total. The molecule has 9 nitrogen and oxygen atoms in total. The van der Waals surface area contributed by atoms with Crippen LogP contribution in [-0.4, -0.2) is 53.3 Å². The molecule has 172 valence electrons. The highest BCUT2D eigenvalue weighted by Gasteiger charge is 2.36. The predicted molar refractivity (Wildman–Crippen MR) is 114 cm³/mol. The van der Waals surface area contributed by atoms with E-state index in [9.17, 15) is 28.0 Å². The number of carbonyl (C=O) groups excluding carboxylic acids is 3. The SMILES string of the molecule is COc1cc(C=C2SC(=O)N(CC(=O)Nc3ccc(F)cc3F)C2=O)ccc1OCC(=O)O. The van der Waals surface area contributed by atoms with E-state index in [2.05, 4.69) is 5.32 Å². The maximum atomic E-state index is 13.7. The van der Waals surface area contributed by atoms with E-state index in [1.807, 2.05) is 0 Å². The van der Waals surface area contributed by atoms with Gasteiger partial charge in [-0.25, -0.2) is 13.6 Å². The monoisotopic (exact) mass is 478 g/mol. The second-order valence-corrected chi connectivity index (χ2v) is 7.53. The van der Waals surface area contributed by atoms with E-state index in [4.69, 9.17) is 14.6 Å². The molecule has 0 spiro atoms. The minimum Gasteiger partial charge on any atom is -0.493 e. The van der Waals surface area contributed by atoms with Crippen LogP contribution in [0.15, 0.2) is 41.3 Å². The number of thioether (sulfide) groups is 1. The van der Waals surface area contributed by atoms with Crippen molar-refractivity contribution in [1.82, 2.24) is 4.90 Å². The van der Waals surface area contributed by atoms with E-state index in [1.165, 1.54) is 31.4 Å². The number of hydrogen-bond donors (Lipinski definition) is 2. The van der Waals surface area contributed by atoms with Gasteiger partial charge in [-0.3, -0.25) is 19.3 Å². The summed E-state index contributed by atoms with van der Waals surface area (Å²) in [6.07, 6.45) is 1.39. The molecule has 3 rings (SSSR count). The number of nitrogens with one attached hydrogen (secondary N) is 1. The molecule has 0 unspecified atom stereocenters. The van der Waals surface area contributed by atoms with Gasteiger partial charge in [0.15, 0.2) is 18.1 Å². The predicted octanol–water partition coefficient (Wildman–Crippen LogP) is 3.11. The number of rotatable bonds is 8. The molecule has 0 aliphatic carbocycles. The number of benzene rings is 2. The second-order valence-electron chi connectivity index (χ2n) is 6.53. The molecule has 2 aromatic rings. The van der Waals surface area contributed by atoms with Crippen LogP contribution in [0.4, 0.5) is 19.3 Å². The van der Waals surface area contributed by atoms with Crippen LogP contribution in [0.25, 0.3) is 6.08 Å². The highest BCUT2D eigenvalue weighted by Crippen LogP contribution is 2.34. The number of hydrogen-bond acceptors (Lipinski definition) is 7. The van der Waals surface area contributed by atoms with Crippen molar-refractivity contribution in [2.24, 2.45) is 0 Å². The summed E-state index contributed by atoms with van der Waals surface area (Å²) >= 11 is 0.607. The van der Waals surface area contributed by atoms with Gasteiger partial charge in [0.25, 0.3) is 11.1 Å². The molecule has 0 atom stereocenters. The van der Waals surface area contributed by atoms with E-state index >= 15 is 0 Å². The number of carboxylic acid groups (broad SMARTS) is 1. The van der Waals surface area contributed by atoms with Crippen molar-refractivity contribution < 1.29 is 42.5 Å². The highest BCUT2D eigenvalue weighted by molar-refractivity contribution is 8.18. The first-order valence-corrected chi connectivity index (χ1v) is 10.0. The highest BCUT2D eigenvalue weighted by atomic mass is 32.2. The first-order valence-electron chi connectivity index (χ1n) is 9.21. The van der Waals surface area contributed by atoms with Crippen LogP contribution in [0, 0.1) is 11.6 Å². The summed E-state index contributed by atoms with van der Waals surface area (Å²) in [5, 5.41) is 10.2. The van der Waals surface area contributed by atoms with Crippen LogP contribution < -0.4 is 14.8 Å². The Kier molecular flexibility index (Phi) is 7.28. The van der Waals surface area contributed by atoms with Crippen LogP contribution in [0.2, 0.25) is 0 Å². The Balaban J connectivity index is 1.71. The van der Waals surface area contributed by atoms with Crippen molar-refractivity contribution in [1.29, 1.82) is 0 Å². The van der Waals surface area contributed by atoms with Gasteiger partial charge < -0.3 is 19.9 Å². The van der Waals surface area contributed by atoms with Crippen molar-refractivity contribution in [2.75, 3.05) is 25.6 Å². The van der Waals surface area contributed by atoms with Crippen molar-refractivity contribution in [3.63, 3.8) is 0 Å². The van der Waals surface area contributed by atoms with Gasteiger partial charge in [0.05, 0.1) is 17.7 Å². The molecule has 1 saturated heterocycles. The Hall–Kier alpha value is -3.93. The van der Waals surface area contributed by atoms with Crippen LogP contribution in [0.3, 0.4) is 0 Å². The molecule has 0 radical (unpaired) electrons. The molecule has 0 aromatic heterocycles. The van der Waals surface area contributed by atoms with Gasteiger partial charge in [0.2, 0.25) is 5.91 Å². The third-order valence-corrected chi connectivity index (χ3v) is 5.12. The smallest absolute Gasteiger partial charge is 0.341 e. The fourth-order valence-electron chi connectivity index (χ4n) is 2.74. The number of carbonyl (C=O) groups is 4. The van der Waals surface area contributed by atoms with Gasteiger partial charge in [0, 0.05) is 6.07 Å². The fourth-order valence-corrected chi connectivity index (χ4v) is 3.58. The van der Waals surface area contributed by atoms with Crippen molar-refractivity contribution in [3.8, 4) is 11.5 Å². The summed E-state index contributed by atoms with van der Waals surface area (Å²) in [7, 11) is 1.35. The molecule has 1 aliphatic rings. The molecule has 1 heterocycles. The minimum absolute atomic E-state index is 0.0296. The van der Waals surface area contributed by atoms with Gasteiger partial charge in [-0.15, -0.1) is 0 Å². The van der Waals surface area contributed by atoms with E-state index < -0.39 is 47.8 Å². The van der Waals surface area contributed by atoms with Gasteiger partial charge in [-0.2, -0.15) is 0 Å². The van der Waals surface area contributed by atoms with Gasteiger partial charge in [-0.1, -0.05) is 6.07 Å². The largest absolute Gasteiger partial charge is 0.493 e. The summed E-state index contributed by atoms with van der Waals surface area (Å²) in [5.74, 6) is -4.17. The van der Waals surface area contributed by atoms with Crippen LogP contribution in [0.5, 0.6) is 11.5 Å². The lowest BCUT2D eigenvalue weighted by Crippen LogP contribution is -2.36. The summed E-state index contributed by atoms with van der Waals surface area (Å²) in [6.45, 7) is -1.23. The number of imide groups is 1. The number of nitrogens with zero attached hydrogens (tertiary/aromatic N) is 1. The van der Waals surface area contributed by atoms with Crippen LogP contribution in [0.1, 0.15) is 5.56 Å². The molecule has 0 bridgehead atoms. The van der Waals surface area contributed by atoms with Gasteiger partial charge in [-0.05, 0) is 47.7 Å². The molecule has 12 heteroatoms. The first kappa shape index (κ1) is 23.7. The Bertz CT molecular complexity index is 1170. The average Bonchev–Trinajstić information content (AvgIpc) is 3.01. The summed E-state index contributed by atoms with van der Waals surface area (Å²) in [5.41, 5.74) is 0.166. The minimum atomic E-state index is -1.17. The summed E-state index contributed by atoms with van der Waals surface area (Å²) < 4.78 is 36.9. The third kappa shape index (κ3) is 5.86. The van der Waals surface area contributed by atoms with Crippen molar-refractivity contribution >= 4 is 46.5 Å². The summed E-state index contributed by atoms with van der Waals surface area (Å²) in [4.78, 5) is 48.4. The van der Waals surface area contributed by atoms with E-state index in [1.54, 1.807) is 0 Å². The summed E-state index contributed by atoms with van der Waals surface area (Å²) in [6, 6.07) is 7.02. The molecule has 1 aliphatic heterocycles. The van der Waals surface area contributed by atoms with Crippen molar-refractivity contribution in [2.45, 2.75) is 0 Å². The van der Waals surface area contributed by atoms with E-state index in [-0.39, 0.29) is 22.1 Å². The maximum absolute atomic E-state index is 13.7. The third-order valence-electron chi connectivity index (χ3n) is 4.22. The number of anilines is 1. The van der Waals surface area contributed by atoms with Crippen LogP contribution in [-0.2, 0) is 14.4 Å². The zero-order valence-electron chi connectivity index (χ0n) is 17.0. The standard InChI is InChI=1S/C21H16F2N2O7S/c1-31-16-6-11(2-5-15(16)32-10-19(27)28)7-17-20(29)25(21(30)33-17)9-18(26)24-14-4-3-12(22)8-13(14)23/h2-8H,9-10H2,1H3,(H,24,26)(H,27,28). The molecular formula is C21H16F2N2O7S. The number of methoxy groups -OCH3 is 1. The molecule has 3 amide bonds. The van der Waals surface area contributed by atoms with Crippen molar-refractivity contribution in [3.05, 3.63) is 58.5 Å². The quantitative estimate of drug-likeness (QED) is 0.555. The molecule has 33 heavy (non-hydrogen) atoms. The number of halogens is 2. The Morgan fingerprint density at radius 2 is 1.91 bits per heavy atom. The zero-order chi connectivity index (χ0) is 24.1. The number of ether oxygens (including phenoxy) is 2. The lowest BCUT2D eigenvalue weighted by Gasteiger charge is -2.13. The molecular weight excluding hydrogens is 462 g/mol. The Labute approximate surface area is 190 Å². The molecule has 0 saturated carbocycles. The Morgan fingerprint density at radius 3 is 2.58 bits per heavy atom. The lowest BCUT2D eigenvalue weighted by atomic mass is 10.2. The lowest BCUT2D eigenvalue weighted by molar-refractivity contribution is -0.139. The first-order chi connectivity index (χ1) is 15.7. The second kappa shape index (κ2) is 10.1. The molecule has 1 fully saturated rings. The Morgan fingerprint density at radius 1 is 1.15 bits per heavy atom. The van der Waals surface area contributed by atoms with E-state index in [0.29, 0.717) is 28.3 Å². The zero-order valence-corrected chi connectivity index (χ0v) is 17.8. The fraction of sp³-hybridized carbons (Fsp3) is 0.143. The molecule has 2 aromatic carbocycles. The van der Waals surface area contributed by atoms with Gasteiger partial charge in [0.1, 0.15) is 18.2 Å². The normalized spacial score (nSPS) is 14.5. The van der Waals surface area contributed by atoms with E-state index in [0.717, 1.165) is 12.1 Å². The topological polar surface area (TPSA) is 122 Å². The number of carboxylic acids is 1. The average molecular weight is 478 g/mol.